The van der Waals surface area contributed by atoms with Gasteiger partial charge in [0.1, 0.15) is 0 Å². The second-order valence-corrected chi connectivity index (χ2v) is 6.35. The monoisotopic (exact) mass is 330 g/mol. The third kappa shape index (κ3) is 2.78. The van der Waals surface area contributed by atoms with E-state index < -0.39 is 0 Å². The summed E-state index contributed by atoms with van der Waals surface area (Å²) in [7, 11) is 0. The molecule has 5 nitrogen and oxygen atoms in total. The van der Waals surface area contributed by atoms with Crippen molar-refractivity contribution in [2.24, 2.45) is 0 Å². The molecule has 124 valence electrons. The van der Waals surface area contributed by atoms with Gasteiger partial charge >= 0.3 is 0 Å². The van der Waals surface area contributed by atoms with Gasteiger partial charge < -0.3 is 5.73 Å². The van der Waals surface area contributed by atoms with Crippen LogP contribution in [0.4, 0.5) is 5.95 Å². The summed E-state index contributed by atoms with van der Waals surface area (Å²) in [4.78, 5) is 25.4. The van der Waals surface area contributed by atoms with Crippen molar-refractivity contribution in [3.05, 3.63) is 71.3 Å². The van der Waals surface area contributed by atoms with E-state index in [1.165, 1.54) is 0 Å². The second-order valence-electron chi connectivity index (χ2n) is 6.35. The molecule has 0 saturated heterocycles. The van der Waals surface area contributed by atoms with Crippen LogP contribution in [-0.4, -0.2) is 20.7 Å². The number of anilines is 1. The van der Waals surface area contributed by atoms with Gasteiger partial charge in [0, 0.05) is 24.4 Å². The van der Waals surface area contributed by atoms with Gasteiger partial charge in [-0.25, -0.2) is 9.97 Å². The molecule has 4 rings (SSSR count). The second kappa shape index (κ2) is 6.09. The number of fused-ring (bicyclic) bond motifs is 1. The maximum absolute atomic E-state index is 12.7. The van der Waals surface area contributed by atoms with Crippen LogP contribution in [-0.2, 0) is 6.42 Å². The first-order valence-corrected chi connectivity index (χ1v) is 8.29. The molecule has 1 unspecified atom stereocenters. The molecule has 0 amide bonds. The van der Waals surface area contributed by atoms with Crippen molar-refractivity contribution < 1.29 is 4.79 Å². The van der Waals surface area contributed by atoms with Gasteiger partial charge in [-0.1, -0.05) is 30.3 Å². The lowest BCUT2D eigenvalue weighted by molar-refractivity contribution is 0.0962. The van der Waals surface area contributed by atoms with Gasteiger partial charge in [0.25, 0.3) is 0 Å². The number of carbonyl (C=O) groups excluding carboxylic acids is 1. The topological polar surface area (TPSA) is 81.8 Å². The Hall–Kier alpha value is -3.08. The maximum Gasteiger partial charge on any atom is 0.220 e. The van der Waals surface area contributed by atoms with Crippen LogP contribution in [0.1, 0.15) is 39.6 Å². The van der Waals surface area contributed by atoms with Crippen LogP contribution in [0.15, 0.2) is 48.8 Å². The van der Waals surface area contributed by atoms with E-state index in [0.717, 1.165) is 22.4 Å². The molecule has 1 aliphatic rings. The zero-order chi connectivity index (χ0) is 17.4. The number of pyridine rings is 1. The quantitative estimate of drug-likeness (QED) is 0.779. The summed E-state index contributed by atoms with van der Waals surface area (Å²) in [6.45, 7) is 1.82. The van der Waals surface area contributed by atoms with E-state index >= 15 is 0 Å². The average Bonchev–Trinajstić information content (AvgIpc) is 2.61. The normalized spacial score (nSPS) is 16.5. The summed E-state index contributed by atoms with van der Waals surface area (Å²) in [5, 5.41) is 0. The fourth-order valence-electron chi connectivity index (χ4n) is 3.66. The van der Waals surface area contributed by atoms with E-state index in [-0.39, 0.29) is 17.6 Å². The molecule has 1 aliphatic carbocycles. The Morgan fingerprint density at radius 3 is 2.72 bits per heavy atom. The van der Waals surface area contributed by atoms with Gasteiger partial charge in [-0.3, -0.25) is 9.78 Å². The van der Waals surface area contributed by atoms with E-state index in [4.69, 9.17) is 5.73 Å². The summed E-state index contributed by atoms with van der Waals surface area (Å²) < 4.78 is 0. The van der Waals surface area contributed by atoms with E-state index in [2.05, 4.69) is 27.1 Å². The summed E-state index contributed by atoms with van der Waals surface area (Å²) in [5.74, 6) is 0.389. The molecule has 0 aliphatic heterocycles. The van der Waals surface area contributed by atoms with Crippen LogP contribution in [0.5, 0.6) is 0 Å². The number of aryl methyl sites for hydroxylation is 1. The standard InChI is InChI=1S/C20H18N4O/c1-12-19-17(24-20(21)23-12)9-14(10-18(19)25)16-7-3-2-6-15(16)13-5-4-8-22-11-13/h2-8,11,14H,9-10H2,1H3,(H2,21,23,24). The summed E-state index contributed by atoms with van der Waals surface area (Å²) in [5.41, 5.74) is 11.2. The van der Waals surface area contributed by atoms with Crippen molar-refractivity contribution in [1.82, 2.24) is 15.0 Å². The number of nitrogens with zero attached hydrogens (tertiary/aromatic N) is 3. The Morgan fingerprint density at radius 1 is 1.08 bits per heavy atom. The number of aromatic nitrogens is 3. The molecule has 0 spiro atoms. The van der Waals surface area contributed by atoms with Crippen molar-refractivity contribution in [2.45, 2.75) is 25.7 Å². The Kier molecular flexibility index (Phi) is 3.76. The zero-order valence-corrected chi connectivity index (χ0v) is 13.9. The Morgan fingerprint density at radius 2 is 1.92 bits per heavy atom. The SMILES string of the molecule is Cc1nc(N)nc2c1C(=O)CC(c1ccccc1-c1cccnc1)C2. The molecule has 0 bridgehead atoms. The number of rotatable bonds is 2. The van der Waals surface area contributed by atoms with Crippen LogP contribution >= 0.6 is 0 Å². The van der Waals surface area contributed by atoms with Gasteiger partial charge in [-0.15, -0.1) is 0 Å². The molecule has 5 heteroatoms. The Balaban J connectivity index is 1.79. The highest BCUT2D eigenvalue weighted by Gasteiger charge is 2.30. The third-order valence-electron chi connectivity index (χ3n) is 4.71. The molecule has 1 aromatic carbocycles. The fraction of sp³-hybridized carbons (Fsp3) is 0.200. The predicted octanol–water partition coefficient (Wildman–Crippen LogP) is 3.34. The number of hydrogen-bond acceptors (Lipinski definition) is 5. The van der Waals surface area contributed by atoms with Crippen LogP contribution in [0.2, 0.25) is 0 Å². The van der Waals surface area contributed by atoms with Crippen LogP contribution in [0.3, 0.4) is 0 Å². The molecule has 0 saturated carbocycles. The lowest BCUT2D eigenvalue weighted by Crippen LogP contribution is -2.23. The molecule has 2 heterocycles. The van der Waals surface area contributed by atoms with E-state index in [1.54, 1.807) is 6.20 Å². The Bertz CT molecular complexity index is 953. The molecule has 2 aromatic heterocycles. The molecular weight excluding hydrogens is 312 g/mol. The molecule has 2 N–H and O–H groups in total. The first-order valence-electron chi connectivity index (χ1n) is 8.29. The van der Waals surface area contributed by atoms with Crippen molar-refractivity contribution in [2.75, 3.05) is 5.73 Å². The number of ketones is 1. The van der Waals surface area contributed by atoms with Gasteiger partial charge in [0.05, 0.1) is 17.0 Å². The first kappa shape index (κ1) is 15.4. The summed E-state index contributed by atoms with van der Waals surface area (Å²) in [6.07, 6.45) is 4.75. The minimum Gasteiger partial charge on any atom is -0.368 e. The van der Waals surface area contributed by atoms with Gasteiger partial charge in [-0.05, 0) is 36.5 Å². The summed E-state index contributed by atoms with van der Waals surface area (Å²) in [6, 6.07) is 12.1. The lowest BCUT2D eigenvalue weighted by atomic mass is 9.79. The Labute approximate surface area is 146 Å². The number of carbonyl (C=O) groups is 1. The molecule has 3 aromatic rings. The molecule has 0 fully saturated rings. The van der Waals surface area contributed by atoms with Crippen LogP contribution in [0.25, 0.3) is 11.1 Å². The smallest absolute Gasteiger partial charge is 0.220 e. The fourth-order valence-corrected chi connectivity index (χ4v) is 3.66. The first-order chi connectivity index (χ1) is 12.1. The van der Waals surface area contributed by atoms with Crippen LogP contribution < -0.4 is 5.73 Å². The van der Waals surface area contributed by atoms with Gasteiger partial charge in [0.2, 0.25) is 5.95 Å². The minimum atomic E-state index is 0.0742. The molecular formula is C20H18N4O. The van der Waals surface area contributed by atoms with Crippen LogP contribution in [0, 0.1) is 6.92 Å². The van der Waals surface area contributed by atoms with E-state index in [0.29, 0.717) is 24.1 Å². The van der Waals surface area contributed by atoms with E-state index in [1.807, 2.05) is 37.4 Å². The lowest BCUT2D eigenvalue weighted by Gasteiger charge is -2.26. The maximum atomic E-state index is 12.7. The average molecular weight is 330 g/mol. The van der Waals surface area contributed by atoms with Crippen molar-refractivity contribution >= 4 is 11.7 Å². The van der Waals surface area contributed by atoms with Crippen molar-refractivity contribution in [1.29, 1.82) is 0 Å². The third-order valence-corrected chi connectivity index (χ3v) is 4.71. The molecule has 1 atom stereocenters. The summed E-state index contributed by atoms with van der Waals surface area (Å²) >= 11 is 0. The number of hydrogen-bond donors (Lipinski definition) is 1. The largest absolute Gasteiger partial charge is 0.368 e. The zero-order valence-electron chi connectivity index (χ0n) is 13.9. The highest BCUT2D eigenvalue weighted by Crippen LogP contribution is 2.37. The van der Waals surface area contributed by atoms with Crippen molar-refractivity contribution in [3.8, 4) is 11.1 Å². The molecule has 0 radical (unpaired) electrons. The van der Waals surface area contributed by atoms with Gasteiger partial charge in [-0.2, -0.15) is 0 Å². The number of nitrogen functional groups attached to an aromatic ring is 1. The van der Waals surface area contributed by atoms with Crippen molar-refractivity contribution in [3.63, 3.8) is 0 Å². The number of nitrogens with two attached hydrogens (primary N) is 1. The van der Waals surface area contributed by atoms with E-state index in [9.17, 15) is 4.79 Å². The molecule has 25 heavy (non-hydrogen) atoms. The highest BCUT2D eigenvalue weighted by atomic mass is 16.1. The number of benzene rings is 1. The highest BCUT2D eigenvalue weighted by molar-refractivity contribution is 6.00. The minimum absolute atomic E-state index is 0.0742. The van der Waals surface area contributed by atoms with Gasteiger partial charge in [0.15, 0.2) is 5.78 Å². The number of Topliss-reactive ketones (excluding diaryl/α,β-unsaturated/α-hetero) is 1. The predicted molar refractivity (Wildman–Crippen MR) is 96.2 cm³/mol.